The predicted octanol–water partition coefficient (Wildman–Crippen LogP) is 3.35. The second-order valence-corrected chi connectivity index (χ2v) is 5.63. The largest absolute Gasteiger partial charge is 0.356 e. The zero-order chi connectivity index (χ0) is 14.9. The highest BCUT2D eigenvalue weighted by Crippen LogP contribution is 2.08. The van der Waals surface area contributed by atoms with Gasteiger partial charge < -0.3 is 5.32 Å². The molecule has 0 saturated heterocycles. The Balaban J connectivity index is 1.53. The van der Waals surface area contributed by atoms with Gasteiger partial charge >= 0.3 is 0 Å². The lowest BCUT2D eigenvalue weighted by molar-refractivity contribution is -0.121. The summed E-state index contributed by atoms with van der Waals surface area (Å²) in [6, 6.07) is 6.54. The molecule has 0 aliphatic rings. The predicted molar refractivity (Wildman–Crippen MR) is 82.8 cm³/mol. The number of hydrogen-bond acceptors (Lipinski definition) is 3. The van der Waals surface area contributed by atoms with E-state index in [-0.39, 0.29) is 11.7 Å². The molecule has 0 bridgehead atoms. The highest BCUT2D eigenvalue weighted by atomic mass is 32.1. The van der Waals surface area contributed by atoms with E-state index in [0.717, 1.165) is 36.9 Å². The van der Waals surface area contributed by atoms with Gasteiger partial charge in [-0.15, -0.1) is 11.3 Å². The number of carbonyl (C=O) groups excluding carboxylic acids is 1. The van der Waals surface area contributed by atoms with E-state index in [1.165, 1.54) is 12.1 Å². The maximum atomic E-state index is 12.7. The minimum absolute atomic E-state index is 0.0873. The Kier molecular flexibility index (Phi) is 6.34. The van der Waals surface area contributed by atoms with Crippen LogP contribution in [0.5, 0.6) is 0 Å². The number of nitrogens with zero attached hydrogens (tertiary/aromatic N) is 1. The van der Waals surface area contributed by atoms with Gasteiger partial charge in [0.25, 0.3) is 0 Å². The fraction of sp³-hybridized carbons (Fsp3) is 0.375. The molecule has 112 valence electrons. The van der Waals surface area contributed by atoms with Crippen LogP contribution in [0.4, 0.5) is 4.39 Å². The molecule has 1 aromatic carbocycles. The second-order valence-electron chi connectivity index (χ2n) is 4.91. The first-order valence-corrected chi connectivity index (χ1v) is 8.06. The van der Waals surface area contributed by atoms with E-state index in [1.807, 2.05) is 5.38 Å². The number of benzene rings is 1. The Morgan fingerprint density at radius 1 is 1.19 bits per heavy atom. The SMILES string of the molecule is O=C(CCCCc1ccc(F)cc1)NCCc1cscn1. The van der Waals surface area contributed by atoms with Crippen LogP contribution < -0.4 is 5.32 Å². The molecule has 5 heteroatoms. The molecule has 0 atom stereocenters. The van der Waals surface area contributed by atoms with Crippen LogP contribution in [0.25, 0.3) is 0 Å². The molecule has 2 aromatic rings. The van der Waals surface area contributed by atoms with Crippen molar-refractivity contribution in [3.8, 4) is 0 Å². The van der Waals surface area contributed by atoms with E-state index in [9.17, 15) is 9.18 Å². The number of hydrogen-bond donors (Lipinski definition) is 1. The third-order valence-electron chi connectivity index (χ3n) is 3.22. The molecule has 21 heavy (non-hydrogen) atoms. The molecule has 0 aliphatic heterocycles. The summed E-state index contributed by atoms with van der Waals surface area (Å²) in [5, 5.41) is 4.90. The van der Waals surface area contributed by atoms with Crippen LogP contribution in [0.1, 0.15) is 30.5 Å². The van der Waals surface area contributed by atoms with Gasteiger partial charge in [-0.1, -0.05) is 12.1 Å². The summed E-state index contributed by atoms with van der Waals surface area (Å²) in [7, 11) is 0. The first kappa shape index (κ1) is 15.6. The molecule has 1 aromatic heterocycles. The Labute approximate surface area is 128 Å². The number of amides is 1. The van der Waals surface area contributed by atoms with Crippen molar-refractivity contribution in [1.82, 2.24) is 10.3 Å². The quantitative estimate of drug-likeness (QED) is 0.760. The molecule has 0 saturated carbocycles. The molecule has 0 fully saturated rings. The third-order valence-corrected chi connectivity index (χ3v) is 3.85. The summed E-state index contributed by atoms with van der Waals surface area (Å²) in [5.41, 5.74) is 3.93. The maximum Gasteiger partial charge on any atom is 0.220 e. The minimum atomic E-state index is -0.210. The van der Waals surface area contributed by atoms with Gasteiger partial charge in [-0.25, -0.2) is 9.37 Å². The van der Waals surface area contributed by atoms with Crippen molar-refractivity contribution in [2.75, 3.05) is 6.54 Å². The molecule has 1 amide bonds. The van der Waals surface area contributed by atoms with Gasteiger partial charge in [0.15, 0.2) is 0 Å². The van der Waals surface area contributed by atoms with Gasteiger partial charge in [0.05, 0.1) is 11.2 Å². The van der Waals surface area contributed by atoms with Crippen molar-refractivity contribution >= 4 is 17.2 Å². The van der Waals surface area contributed by atoms with Crippen molar-refractivity contribution in [3.05, 3.63) is 52.2 Å². The van der Waals surface area contributed by atoms with Gasteiger partial charge in [-0.05, 0) is 37.0 Å². The standard InChI is InChI=1S/C16H19FN2OS/c17-14-7-5-13(6-8-14)3-1-2-4-16(20)18-10-9-15-11-21-12-19-15/h5-8,11-12H,1-4,9-10H2,(H,18,20). The molecular weight excluding hydrogens is 287 g/mol. The number of rotatable bonds is 8. The topological polar surface area (TPSA) is 42.0 Å². The van der Waals surface area contributed by atoms with Crippen LogP contribution in [0.3, 0.4) is 0 Å². The van der Waals surface area contributed by atoms with Crippen molar-refractivity contribution in [1.29, 1.82) is 0 Å². The third kappa shape index (κ3) is 6.04. The number of halogens is 1. The van der Waals surface area contributed by atoms with E-state index in [2.05, 4.69) is 10.3 Å². The summed E-state index contributed by atoms with van der Waals surface area (Å²) in [6.45, 7) is 0.639. The number of aryl methyl sites for hydroxylation is 1. The van der Waals surface area contributed by atoms with Crippen LogP contribution in [0.2, 0.25) is 0 Å². The molecule has 2 rings (SSSR count). The van der Waals surface area contributed by atoms with Crippen LogP contribution in [0, 0.1) is 5.82 Å². The number of unbranched alkanes of at least 4 members (excludes halogenated alkanes) is 1. The van der Waals surface area contributed by atoms with Crippen molar-refractivity contribution in [2.24, 2.45) is 0 Å². The van der Waals surface area contributed by atoms with E-state index in [4.69, 9.17) is 0 Å². The molecule has 3 nitrogen and oxygen atoms in total. The zero-order valence-electron chi connectivity index (χ0n) is 11.8. The minimum Gasteiger partial charge on any atom is -0.356 e. The van der Waals surface area contributed by atoms with Crippen molar-refractivity contribution < 1.29 is 9.18 Å². The fourth-order valence-corrected chi connectivity index (χ4v) is 2.64. The van der Waals surface area contributed by atoms with Crippen molar-refractivity contribution in [2.45, 2.75) is 32.1 Å². The lowest BCUT2D eigenvalue weighted by atomic mass is 10.1. The van der Waals surface area contributed by atoms with Crippen LogP contribution >= 0.6 is 11.3 Å². The lowest BCUT2D eigenvalue weighted by Crippen LogP contribution is -2.25. The van der Waals surface area contributed by atoms with Gasteiger partial charge in [0.1, 0.15) is 5.82 Å². The lowest BCUT2D eigenvalue weighted by Gasteiger charge is -2.04. The van der Waals surface area contributed by atoms with E-state index >= 15 is 0 Å². The summed E-state index contributed by atoms with van der Waals surface area (Å²) in [5.74, 6) is -0.123. The molecule has 0 aliphatic carbocycles. The number of thiazole rings is 1. The van der Waals surface area contributed by atoms with E-state index < -0.39 is 0 Å². The average molecular weight is 306 g/mol. The molecular formula is C16H19FN2OS. The number of carbonyl (C=O) groups is 1. The van der Waals surface area contributed by atoms with Gasteiger partial charge in [-0.3, -0.25) is 4.79 Å². The summed E-state index contributed by atoms with van der Waals surface area (Å²) >= 11 is 1.57. The monoisotopic (exact) mass is 306 g/mol. The Bertz CT molecular complexity index is 540. The second kappa shape index (κ2) is 8.52. The van der Waals surface area contributed by atoms with E-state index in [0.29, 0.717) is 13.0 Å². The summed E-state index contributed by atoms with van der Waals surface area (Å²) in [4.78, 5) is 15.8. The van der Waals surface area contributed by atoms with E-state index in [1.54, 1.807) is 29.0 Å². The van der Waals surface area contributed by atoms with Gasteiger partial charge in [0, 0.05) is 24.8 Å². The molecule has 0 unspecified atom stereocenters. The van der Waals surface area contributed by atoms with Gasteiger partial charge in [-0.2, -0.15) is 0 Å². The molecule has 0 spiro atoms. The maximum absolute atomic E-state index is 12.7. The smallest absolute Gasteiger partial charge is 0.220 e. The first-order valence-electron chi connectivity index (χ1n) is 7.12. The van der Waals surface area contributed by atoms with Gasteiger partial charge in [0.2, 0.25) is 5.91 Å². The average Bonchev–Trinajstić information content (AvgIpc) is 2.99. The number of aromatic nitrogens is 1. The Morgan fingerprint density at radius 2 is 2.00 bits per heavy atom. The van der Waals surface area contributed by atoms with Crippen molar-refractivity contribution in [3.63, 3.8) is 0 Å². The van der Waals surface area contributed by atoms with Crippen LogP contribution in [0.15, 0.2) is 35.2 Å². The number of nitrogens with one attached hydrogen (secondary N) is 1. The first-order chi connectivity index (χ1) is 10.2. The highest BCUT2D eigenvalue weighted by Gasteiger charge is 2.02. The Morgan fingerprint density at radius 3 is 2.71 bits per heavy atom. The fourth-order valence-electron chi connectivity index (χ4n) is 2.05. The summed E-state index contributed by atoms with van der Waals surface area (Å²) in [6.07, 6.45) is 3.99. The normalized spacial score (nSPS) is 10.5. The zero-order valence-corrected chi connectivity index (χ0v) is 12.7. The summed E-state index contributed by atoms with van der Waals surface area (Å²) < 4.78 is 12.7. The molecule has 1 N–H and O–H groups in total. The molecule has 1 heterocycles. The Hall–Kier alpha value is -1.75. The highest BCUT2D eigenvalue weighted by molar-refractivity contribution is 7.07. The van der Waals surface area contributed by atoms with Crippen LogP contribution in [-0.4, -0.2) is 17.4 Å². The molecule has 0 radical (unpaired) electrons. The van der Waals surface area contributed by atoms with Crippen LogP contribution in [-0.2, 0) is 17.6 Å².